The highest BCUT2D eigenvalue weighted by atomic mass is 79.9. The lowest BCUT2D eigenvalue weighted by molar-refractivity contribution is 0.585. The van der Waals surface area contributed by atoms with Gasteiger partial charge in [-0.25, -0.2) is 0 Å². The van der Waals surface area contributed by atoms with E-state index in [1.54, 1.807) is 11.3 Å². The third-order valence-electron chi connectivity index (χ3n) is 2.53. The van der Waals surface area contributed by atoms with Gasteiger partial charge in [-0.2, -0.15) is 0 Å². The maximum Gasteiger partial charge on any atom is 0.147 e. The van der Waals surface area contributed by atoms with Crippen molar-refractivity contribution in [2.24, 2.45) is 0 Å². The molecular weight excluding hydrogens is 310 g/mol. The molecule has 0 aliphatic heterocycles. The standard InChI is InChI=1S/C13H16BrN3S/c1-8(2)15-7-12-16-17-13(18-12)10-4-5-11(14)9(3)6-10/h4-6,8,15H,7H2,1-3H3. The molecule has 0 saturated carbocycles. The third kappa shape index (κ3) is 3.37. The van der Waals surface area contributed by atoms with Gasteiger partial charge >= 0.3 is 0 Å². The predicted octanol–water partition coefficient (Wildman–Crippen LogP) is 3.77. The van der Waals surface area contributed by atoms with Crippen molar-refractivity contribution in [3.05, 3.63) is 33.2 Å². The second-order valence-corrected chi connectivity index (χ2v) is 6.42. The molecule has 0 radical (unpaired) electrons. The molecule has 2 aromatic rings. The predicted molar refractivity (Wildman–Crippen MR) is 79.8 cm³/mol. The van der Waals surface area contributed by atoms with Crippen LogP contribution in [-0.2, 0) is 6.54 Å². The number of hydrogen-bond acceptors (Lipinski definition) is 4. The average molecular weight is 326 g/mol. The molecule has 3 nitrogen and oxygen atoms in total. The van der Waals surface area contributed by atoms with E-state index < -0.39 is 0 Å². The molecule has 0 bridgehead atoms. The number of halogens is 1. The Morgan fingerprint density at radius 2 is 2.11 bits per heavy atom. The van der Waals surface area contributed by atoms with Gasteiger partial charge in [-0.05, 0) is 24.6 Å². The Morgan fingerprint density at radius 3 is 2.78 bits per heavy atom. The zero-order chi connectivity index (χ0) is 13.1. The molecule has 96 valence electrons. The topological polar surface area (TPSA) is 37.8 Å². The maximum absolute atomic E-state index is 4.25. The highest BCUT2D eigenvalue weighted by Gasteiger charge is 2.08. The Kier molecular flexibility index (Phi) is 4.48. The van der Waals surface area contributed by atoms with Gasteiger partial charge in [-0.1, -0.05) is 47.2 Å². The minimum Gasteiger partial charge on any atom is -0.308 e. The lowest BCUT2D eigenvalue weighted by Gasteiger charge is -2.03. The summed E-state index contributed by atoms with van der Waals surface area (Å²) in [6.07, 6.45) is 0. The Morgan fingerprint density at radius 1 is 1.33 bits per heavy atom. The molecule has 0 spiro atoms. The number of benzene rings is 1. The Hall–Kier alpha value is -0.780. The molecule has 5 heteroatoms. The number of hydrogen-bond donors (Lipinski definition) is 1. The molecule has 0 unspecified atom stereocenters. The fourth-order valence-corrected chi connectivity index (χ4v) is 2.54. The van der Waals surface area contributed by atoms with Gasteiger partial charge in [0, 0.05) is 22.6 Å². The lowest BCUT2D eigenvalue weighted by atomic mass is 10.1. The van der Waals surface area contributed by atoms with E-state index in [1.807, 2.05) is 0 Å². The van der Waals surface area contributed by atoms with Crippen molar-refractivity contribution in [3.63, 3.8) is 0 Å². The number of aryl methyl sites for hydroxylation is 1. The van der Waals surface area contributed by atoms with Crippen molar-refractivity contribution >= 4 is 27.3 Å². The summed E-state index contributed by atoms with van der Waals surface area (Å²) in [6, 6.07) is 6.71. The first-order valence-corrected chi connectivity index (χ1v) is 7.49. The van der Waals surface area contributed by atoms with Gasteiger partial charge in [0.2, 0.25) is 0 Å². The van der Waals surface area contributed by atoms with Crippen molar-refractivity contribution in [2.45, 2.75) is 33.4 Å². The van der Waals surface area contributed by atoms with Crippen LogP contribution in [0, 0.1) is 6.92 Å². The molecule has 0 atom stereocenters. The first-order chi connectivity index (χ1) is 8.56. The minimum atomic E-state index is 0.465. The Bertz CT molecular complexity index is 537. The van der Waals surface area contributed by atoms with Gasteiger partial charge < -0.3 is 5.32 Å². The SMILES string of the molecule is Cc1cc(-c2nnc(CNC(C)C)s2)ccc1Br. The smallest absolute Gasteiger partial charge is 0.147 e. The summed E-state index contributed by atoms with van der Waals surface area (Å²) in [5, 5.41) is 13.8. The number of aromatic nitrogens is 2. The van der Waals surface area contributed by atoms with E-state index in [1.165, 1.54) is 5.56 Å². The van der Waals surface area contributed by atoms with Crippen LogP contribution in [0.3, 0.4) is 0 Å². The van der Waals surface area contributed by atoms with Gasteiger partial charge in [0.15, 0.2) is 0 Å². The normalized spacial score (nSPS) is 11.2. The molecular formula is C13H16BrN3S. The summed E-state index contributed by atoms with van der Waals surface area (Å²) >= 11 is 5.15. The van der Waals surface area contributed by atoms with Crippen LogP contribution >= 0.6 is 27.3 Å². The van der Waals surface area contributed by atoms with Crippen LogP contribution < -0.4 is 5.32 Å². The highest BCUT2D eigenvalue weighted by Crippen LogP contribution is 2.27. The van der Waals surface area contributed by atoms with E-state index in [9.17, 15) is 0 Å². The average Bonchev–Trinajstić information content (AvgIpc) is 2.79. The van der Waals surface area contributed by atoms with Crippen molar-refractivity contribution < 1.29 is 0 Å². The number of nitrogens with one attached hydrogen (secondary N) is 1. The van der Waals surface area contributed by atoms with Crippen molar-refractivity contribution in [3.8, 4) is 10.6 Å². The van der Waals surface area contributed by atoms with E-state index in [2.05, 4.69) is 70.4 Å². The summed E-state index contributed by atoms with van der Waals surface area (Å²) < 4.78 is 1.12. The van der Waals surface area contributed by atoms with Crippen LogP contribution in [-0.4, -0.2) is 16.2 Å². The lowest BCUT2D eigenvalue weighted by Crippen LogP contribution is -2.21. The molecule has 2 rings (SSSR count). The summed E-state index contributed by atoms with van der Waals surface area (Å²) in [6.45, 7) is 7.11. The van der Waals surface area contributed by atoms with E-state index in [0.29, 0.717) is 6.04 Å². The number of rotatable bonds is 4. The third-order valence-corrected chi connectivity index (χ3v) is 4.40. The van der Waals surface area contributed by atoms with Crippen molar-refractivity contribution in [2.75, 3.05) is 0 Å². The number of nitrogens with zero attached hydrogens (tertiary/aromatic N) is 2. The van der Waals surface area contributed by atoms with Crippen LogP contribution in [0.1, 0.15) is 24.4 Å². The van der Waals surface area contributed by atoms with E-state index in [4.69, 9.17) is 0 Å². The first-order valence-electron chi connectivity index (χ1n) is 5.88. The largest absolute Gasteiger partial charge is 0.308 e. The molecule has 1 N–H and O–H groups in total. The van der Waals surface area contributed by atoms with Crippen LogP contribution in [0.15, 0.2) is 22.7 Å². The fourth-order valence-electron chi connectivity index (χ4n) is 1.51. The molecule has 1 aromatic heterocycles. The molecule has 0 amide bonds. The second kappa shape index (κ2) is 5.91. The van der Waals surface area contributed by atoms with Gasteiger partial charge in [0.1, 0.15) is 10.0 Å². The van der Waals surface area contributed by atoms with Crippen molar-refractivity contribution in [1.82, 2.24) is 15.5 Å². The summed E-state index contributed by atoms with van der Waals surface area (Å²) in [7, 11) is 0. The minimum absolute atomic E-state index is 0.465. The van der Waals surface area contributed by atoms with Crippen molar-refractivity contribution in [1.29, 1.82) is 0 Å². The van der Waals surface area contributed by atoms with Gasteiger partial charge in [-0.3, -0.25) is 0 Å². The fraction of sp³-hybridized carbons (Fsp3) is 0.385. The molecule has 18 heavy (non-hydrogen) atoms. The van der Waals surface area contributed by atoms with Gasteiger partial charge in [0.05, 0.1) is 0 Å². The summed E-state index contributed by atoms with van der Waals surface area (Å²) in [4.78, 5) is 0. The van der Waals surface area contributed by atoms with Crippen LogP contribution in [0.2, 0.25) is 0 Å². The van der Waals surface area contributed by atoms with Crippen LogP contribution in [0.4, 0.5) is 0 Å². The molecule has 0 saturated heterocycles. The molecule has 1 aromatic carbocycles. The zero-order valence-corrected chi connectivity index (χ0v) is 13.1. The summed E-state index contributed by atoms with van der Waals surface area (Å²) in [5.41, 5.74) is 2.34. The highest BCUT2D eigenvalue weighted by molar-refractivity contribution is 9.10. The second-order valence-electron chi connectivity index (χ2n) is 4.50. The van der Waals surface area contributed by atoms with E-state index in [-0.39, 0.29) is 0 Å². The van der Waals surface area contributed by atoms with Crippen LogP contribution in [0.25, 0.3) is 10.6 Å². The van der Waals surface area contributed by atoms with E-state index >= 15 is 0 Å². The van der Waals surface area contributed by atoms with Gasteiger partial charge in [0.25, 0.3) is 0 Å². The molecule has 0 fully saturated rings. The first kappa shape index (κ1) is 13.6. The van der Waals surface area contributed by atoms with E-state index in [0.717, 1.165) is 26.6 Å². The molecule has 0 aliphatic rings. The Labute approximate surface area is 120 Å². The Balaban J connectivity index is 2.16. The molecule has 0 aliphatic carbocycles. The monoisotopic (exact) mass is 325 g/mol. The molecule has 1 heterocycles. The summed E-state index contributed by atoms with van der Waals surface area (Å²) in [5.74, 6) is 0. The quantitative estimate of drug-likeness (QED) is 0.929. The zero-order valence-electron chi connectivity index (χ0n) is 10.7. The maximum atomic E-state index is 4.25. The van der Waals surface area contributed by atoms with Crippen LogP contribution in [0.5, 0.6) is 0 Å². The van der Waals surface area contributed by atoms with Gasteiger partial charge in [-0.15, -0.1) is 10.2 Å².